The van der Waals surface area contributed by atoms with Gasteiger partial charge in [-0.3, -0.25) is 0 Å². The van der Waals surface area contributed by atoms with E-state index in [1.54, 1.807) is 0 Å². The molecule has 7 nitrogen and oxygen atoms in total. The van der Waals surface area contributed by atoms with E-state index in [0.29, 0.717) is 4.70 Å². The number of hydrogen-bond acceptors (Lipinski definition) is 3. The lowest BCUT2D eigenvalue weighted by Crippen LogP contribution is -2.85. The SMILES string of the molecule is Cn1c2[n+](c3ccccc31)[N+]13c4c(cccc4-2)Oc2ccc4c(c21)-n1c2c(cccc2c2ccn[n+]3c21)S4. The highest BCUT2D eigenvalue weighted by atomic mass is 32.2. The number of hydrogen-bond donors (Lipinski definition) is 0. The Balaban J connectivity index is 1.52. The lowest BCUT2D eigenvalue weighted by molar-refractivity contribution is -1.04. The van der Waals surface area contributed by atoms with Crippen LogP contribution in [0.15, 0.2) is 94.9 Å². The van der Waals surface area contributed by atoms with Crippen molar-refractivity contribution in [1.29, 1.82) is 0 Å². The summed E-state index contributed by atoms with van der Waals surface area (Å²) in [5.74, 6) is 2.86. The number of aryl methyl sites for hydroxylation is 1. The summed E-state index contributed by atoms with van der Waals surface area (Å²) in [6.45, 7) is 0. The number of benzene rings is 4. The van der Waals surface area contributed by atoms with Gasteiger partial charge in [-0.1, -0.05) is 36.0 Å². The molecule has 4 aliphatic heterocycles. The van der Waals surface area contributed by atoms with Crippen molar-refractivity contribution in [3.8, 4) is 28.6 Å². The molecule has 3 aromatic heterocycles. The molecular weight excluding hydrogens is 492 g/mol. The van der Waals surface area contributed by atoms with E-state index in [9.17, 15) is 0 Å². The Morgan fingerprint density at radius 3 is 2.71 bits per heavy atom. The summed E-state index contributed by atoms with van der Waals surface area (Å²) in [6.07, 6.45) is 1.95. The van der Waals surface area contributed by atoms with Crippen LogP contribution in [0.4, 0.5) is 11.4 Å². The van der Waals surface area contributed by atoms with E-state index in [0.717, 1.165) is 45.4 Å². The van der Waals surface area contributed by atoms with Crippen LogP contribution in [-0.4, -0.2) is 14.2 Å². The van der Waals surface area contributed by atoms with Gasteiger partial charge in [0.05, 0.1) is 33.2 Å². The van der Waals surface area contributed by atoms with Crippen LogP contribution in [0.3, 0.4) is 0 Å². The Labute approximate surface area is 219 Å². The molecule has 7 heterocycles. The summed E-state index contributed by atoms with van der Waals surface area (Å²) in [6, 6.07) is 28.2. The second kappa shape index (κ2) is 5.60. The largest absolute Gasteiger partial charge is 0.444 e. The van der Waals surface area contributed by atoms with Gasteiger partial charge in [0.1, 0.15) is 10.3 Å². The molecule has 0 saturated heterocycles. The predicted octanol–water partition coefficient (Wildman–Crippen LogP) is 5.68. The number of para-hydroxylation sites is 4. The molecule has 38 heavy (non-hydrogen) atoms. The van der Waals surface area contributed by atoms with E-state index in [4.69, 9.17) is 9.84 Å². The zero-order chi connectivity index (χ0) is 24.5. The van der Waals surface area contributed by atoms with Gasteiger partial charge in [-0.15, -0.1) is 0 Å². The van der Waals surface area contributed by atoms with Crippen LogP contribution in [0, 0.1) is 0 Å². The van der Waals surface area contributed by atoms with E-state index < -0.39 is 0 Å². The van der Waals surface area contributed by atoms with E-state index in [1.165, 1.54) is 37.3 Å². The highest BCUT2D eigenvalue weighted by Gasteiger charge is 2.71. The van der Waals surface area contributed by atoms with Crippen molar-refractivity contribution in [3.05, 3.63) is 85.1 Å². The highest BCUT2D eigenvalue weighted by Crippen LogP contribution is 2.62. The fourth-order valence-corrected chi connectivity index (χ4v) is 8.56. The minimum absolute atomic E-state index is 0.296. The van der Waals surface area contributed by atoms with E-state index in [-0.39, 0.29) is 0 Å². The summed E-state index contributed by atoms with van der Waals surface area (Å²) in [5, 5.41) is 7.63. The number of quaternary nitrogens is 1. The monoisotopic (exact) mass is 509 g/mol. The second-order valence-electron chi connectivity index (χ2n) is 10.3. The van der Waals surface area contributed by atoms with Gasteiger partial charge in [-0.05, 0) is 59.7 Å². The molecule has 1 atom stereocenters. The molecule has 0 fully saturated rings. The van der Waals surface area contributed by atoms with Crippen LogP contribution in [-0.2, 0) is 7.05 Å². The van der Waals surface area contributed by atoms with Crippen LogP contribution < -0.4 is 18.9 Å². The van der Waals surface area contributed by atoms with Gasteiger partial charge in [-0.2, -0.15) is 4.57 Å². The Bertz CT molecular complexity index is 2330. The van der Waals surface area contributed by atoms with Gasteiger partial charge in [0.2, 0.25) is 17.0 Å². The quantitative estimate of drug-likeness (QED) is 0.195. The molecule has 0 aliphatic carbocycles. The molecule has 4 aromatic carbocycles. The normalized spacial score (nSPS) is 18.3. The minimum atomic E-state index is 0.296. The third kappa shape index (κ3) is 1.62. The molecule has 8 heteroatoms. The zero-order valence-electron chi connectivity index (χ0n) is 20.1. The zero-order valence-corrected chi connectivity index (χ0v) is 20.9. The van der Waals surface area contributed by atoms with Crippen molar-refractivity contribution in [2.75, 3.05) is 0 Å². The molecule has 0 saturated carbocycles. The number of imidazole rings is 1. The van der Waals surface area contributed by atoms with Gasteiger partial charge in [0.15, 0.2) is 16.8 Å². The smallest absolute Gasteiger partial charge is 0.378 e. The highest BCUT2D eigenvalue weighted by molar-refractivity contribution is 7.99. The molecule has 0 radical (unpaired) electrons. The molecular formula is C30H17N6OS+3. The van der Waals surface area contributed by atoms with Crippen molar-refractivity contribution in [2.24, 2.45) is 7.05 Å². The summed E-state index contributed by atoms with van der Waals surface area (Å²) in [4.78, 5) is 4.72. The summed E-state index contributed by atoms with van der Waals surface area (Å²) >= 11 is 1.85. The topological polar surface area (TPSA) is 39.7 Å². The van der Waals surface area contributed by atoms with Gasteiger partial charge in [0.25, 0.3) is 5.69 Å². The maximum absolute atomic E-state index is 6.74. The molecule has 176 valence electrons. The van der Waals surface area contributed by atoms with Gasteiger partial charge < -0.3 is 4.74 Å². The summed E-state index contributed by atoms with van der Waals surface area (Å²) < 4.78 is 14.2. The lowest BCUT2D eigenvalue weighted by Gasteiger charge is -2.33. The summed E-state index contributed by atoms with van der Waals surface area (Å²) in [5.41, 5.74) is 9.21. The lowest BCUT2D eigenvalue weighted by atomic mass is 10.1. The first-order valence-electron chi connectivity index (χ1n) is 12.7. The maximum atomic E-state index is 6.74. The molecule has 0 bridgehead atoms. The van der Waals surface area contributed by atoms with Crippen molar-refractivity contribution in [1.82, 2.24) is 18.9 Å². The Morgan fingerprint density at radius 1 is 0.842 bits per heavy atom. The standard InChI is InChI=1S/C30H17N6OS/c1-32-19-8-2-3-9-20(19)34-29(32)18-7-4-10-21-27(18)36(34)28-22(37-21)12-13-24-26(28)33-25-16(6-5-11-23(25)38-24)17-14-15-31-35(36)30(17)33/h2-15H,1H3/q+3. The molecule has 0 N–H and O–H groups in total. The van der Waals surface area contributed by atoms with Crippen LogP contribution in [0.5, 0.6) is 11.5 Å². The van der Waals surface area contributed by atoms with Crippen LogP contribution in [0.25, 0.3) is 50.0 Å². The third-order valence-electron chi connectivity index (χ3n) is 8.73. The van der Waals surface area contributed by atoms with E-state index >= 15 is 0 Å². The molecule has 0 amide bonds. The Morgan fingerprint density at radius 2 is 1.74 bits per heavy atom. The number of ether oxygens (including phenoxy) is 1. The predicted molar refractivity (Wildman–Crippen MR) is 144 cm³/mol. The first kappa shape index (κ1) is 18.6. The Kier molecular flexibility index (Phi) is 2.73. The number of nitrogens with zero attached hydrogens (tertiary/aromatic N) is 6. The minimum Gasteiger partial charge on any atom is -0.444 e. The fraction of sp³-hybridized carbons (Fsp3) is 0.0333. The maximum Gasteiger partial charge on any atom is 0.378 e. The van der Waals surface area contributed by atoms with E-state index in [1.807, 2.05) is 18.0 Å². The first-order chi connectivity index (χ1) is 18.8. The average Bonchev–Trinajstić information content (AvgIpc) is 3.57. The molecule has 4 aliphatic rings. The fourth-order valence-electron chi connectivity index (χ4n) is 7.46. The summed E-state index contributed by atoms with van der Waals surface area (Å²) in [7, 11) is 2.16. The van der Waals surface area contributed by atoms with Crippen LogP contribution in [0.1, 0.15) is 0 Å². The molecule has 7 aromatic rings. The first-order valence-corrected chi connectivity index (χ1v) is 13.5. The van der Waals surface area contributed by atoms with Gasteiger partial charge in [-0.25, -0.2) is 4.57 Å². The van der Waals surface area contributed by atoms with Crippen molar-refractivity contribution in [3.63, 3.8) is 0 Å². The van der Waals surface area contributed by atoms with Crippen LogP contribution >= 0.6 is 11.8 Å². The van der Waals surface area contributed by atoms with Crippen LogP contribution in [0.2, 0.25) is 0 Å². The van der Waals surface area contributed by atoms with Crippen molar-refractivity contribution < 1.29 is 14.2 Å². The number of aromatic nitrogens is 5. The van der Waals surface area contributed by atoms with Gasteiger partial charge >= 0.3 is 17.2 Å². The molecule has 11 rings (SSSR count). The van der Waals surface area contributed by atoms with Crippen molar-refractivity contribution in [2.45, 2.75) is 9.79 Å². The average molecular weight is 510 g/mol. The number of rotatable bonds is 0. The number of fused-ring (bicyclic) bond motifs is 5. The molecule has 1 unspecified atom stereocenters. The molecule has 1 spiro atoms. The van der Waals surface area contributed by atoms with Crippen molar-refractivity contribution >= 4 is 56.1 Å². The van der Waals surface area contributed by atoms with E-state index in [2.05, 4.69) is 105 Å². The van der Waals surface area contributed by atoms with Gasteiger partial charge in [0, 0.05) is 10.1 Å². The Hall–Kier alpha value is -4.66. The second-order valence-corrected chi connectivity index (χ2v) is 11.4. The third-order valence-corrected chi connectivity index (χ3v) is 9.83.